The fourth-order valence-electron chi connectivity index (χ4n) is 2.40. The summed E-state index contributed by atoms with van der Waals surface area (Å²) in [5, 5.41) is 0. The number of nitrogens with zero attached hydrogens (tertiary/aromatic N) is 1. The quantitative estimate of drug-likeness (QED) is 0.861. The van der Waals surface area contributed by atoms with Crippen molar-refractivity contribution in [3.8, 4) is 0 Å². The molecule has 0 bridgehead atoms. The lowest BCUT2D eigenvalue weighted by molar-refractivity contribution is 0.0539. The molecule has 1 amide bonds. The third kappa shape index (κ3) is 3.10. The third-order valence-electron chi connectivity index (χ3n) is 3.75. The lowest BCUT2D eigenvalue weighted by Gasteiger charge is -2.24. The first-order valence-corrected chi connectivity index (χ1v) is 6.99. The van der Waals surface area contributed by atoms with E-state index in [0.717, 1.165) is 19.4 Å². The monoisotopic (exact) mass is 280 g/mol. The predicted octanol–water partition coefficient (Wildman–Crippen LogP) is 2.36. The van der Waals surface area contributed by atoms with E-state index in [1.165, 1.54) is 6.07 Å². The number of amides is 1. The van der Waals surface area contributed by atoms with Crippen LogP contribution in [-0.4, -0.2) is 36.6 Å². The Kier molecular flexibility index (Phi) is 4.60. The van der Waals surface area contributed by atoms with Gasteiger partial charge >= 0.3 is 0 Å². The molecule has 2 N–H and O–H groups in total. The van der Waals surface area contributed by atoms with E-state index in [1.54, 1.807) is 17.9 Å². The smallest absolute Gasteiger partial charge is 0.254 e. The van der Waals surface area contributed by atoms with Crippen molar-refractivity contribution in [2.24, 2.45) is 0 Å². The second-order valence-electron chi connectivity index (χ2n) is 5.15. The van der Waals surface area contributed by atoms with Crippen molar-refractivity contribution in [1.82, 2.24) is 4.90 Å². The summed E-state index contributed by atoms with van der Waals surface area (Å²) in [5.74, 6) is -0.643. The Bertz CT molecular complexity index is 476. The van der Waals surface area contributed by atoms with Gasteiger partial charge in [0.25, 0.3) is 5.91 Å². The maximum absolute atomic E-state index is 13.7. The minimum atomic E-state index is -0.443. The van der Waals surface area contributed by atoms with E-state index >= 15 is 0 Å². The van der Waals surface area contributed by atoms with Crippen LogP contribution in [0, 0.1) is 12.7 Å². The van der Waals surface area contributed by atoms with Gasteiger partial charge in [-0.2, -0.15) is 0 Å². The van der Waals surface area contributed by atoms with E-state index in [0.29, 0.717) is 29.9 Å². The molecule has 0 spiro atoms. The van der Waals surface area contributed by atoms with Gasteiger partial charge in [-0.3, -0.25) is 4.79 Å². The largest absolute Gasteiger partial charge is 0.398 e. The van der Waals surface area contributed by atoms with Crippen LogP contribution in [0.1, 0.15) is 35.7 Å². The number of halogens is 1. The zero-order chi connectivity index (χ0) is 14.7. The summed E-state index contributed by atoms with van der Waals surface area (Å²) in [6.45, 7) is 5.37. The van der Waals surface area contributed by atoms with Gasteiger partial charge in [-0.25, -0.2) is 4.39 Å². The van der Waals surface area contributed by atoms with E-state index < -0.39 is 5.82 Å². The number of carbonyl (C=O) groups is 1. The minimum Gasteiger partial charge on any atom is -0.398 e. The zero-order valence-corrected chi connectivity index (χ0v) is 12.0. The van der Waals surface area contributed by atoms with E-state index in [1.807, 2.05) is 6.92 Å². The van der Waals surface area contributed by atoms with Crippen LogP contribution in [0.4, 0.5) is 10.1 Å². The fourth-order valence-corrected chi connectivity index (χ4v) is 2.40. The van der Waals surface area contributed by atoms with E-state index in [-0.39, 0.29) is 12.0 Å². The molecule has 1 aliphatic heterocycles. The SMILES string of the molecule is CCN(CC1CCCO1)C(=O)c1cc(N)c(C)c(F)c1. The van der Waals surface area contributed by atoms with Crippen LogP contribution >= 0.6 is 0 Å². The van der Waals surface area contributed by atoms with Crippen LogP contribution in [0.25, 0.3) is 0 Å². The van der Waals surface area contributed by atoms with Gasteiger partial charge in [-0.05, 0) is 38.8 Å². The summed E-state index contributed by atoms with van der Waals surface area (Å²) in [5.41, 5.74) is 6.71. The number of nitrogen functional groups attached to an aromatic ring is 1. The number of hydrogen-bond donors (Lipinski definition) is 1. The summed E-state index contributed by atoms with van der Waals surface area (Å²) in [4.78, 5) is 14.1. The van der Waals surface area contributed by atoms with E-state index in [2.05, 4.69) is 0 Å². The van der Waals surface area contributed by atoms with E-state index in [9.17, 15) is 9.18 Å². The van der Waals surface area contributed by atoms with Gasteiger partial charge in [0.15, 0.2) is 0 Å². The third-order valence-corrected chi connectivity index (χ3v) is 3.75. The minimum absolute atomic E-state index is 0.0894. The molecule has 0 radical (unpaired) electrons. The Labute approximate surface area is 118 Å². The number of nitrogens with two attached hydrogens (primary N) is 1. The molecular weight excluding hydrogens is 259 g/mol. The van der Waals surface area contributed by atoms with Crippen molar-refractivity contribution < 1.29 is 13.9 Å². The molecule has 1 heterocycles. The highest BCUT2D eigenvalue weighted by Crippen LogP contribution is 2.20. The average Bonchev–Trinajstić information content (AvgIpc) is 2.93. The first kappa shape index (κ1) is 14.8. The highest BCUT2D eigenvalue weighted by Gasteiger charge is 2.23. The highest BCUT2D eigenvalue weighted by molar-refractivity contribution is 5.95. The predicted molar refractivity (Wildman–Crippen MR) is 76.1 cm³/mol. The molecule has 1 aromatic rings. The van der Waals surface area contributed by atoms with Crippen molar-refractivity contribution in [3.63, 3.8) is 0 Å². The molecule has 0 saturated carbocycles. The number of ether oxygens (including phenoxy) is 1. The molecule has 2 rings (SSSR count). The van der Waals surface area contributed by atoms with Gasteiger partial charge in [0.2, 0.25) is 0 Å². The lowest BCUT2D eigenvalue weighted by atomic mass is 10.1. The maximum atomic E-state index is 13.7. The van der Waals surface area contributed by atoms with Crippen LogP contribution in [-0.2, 0) is 4.74 Å². The molecule has 1 fully saturated rings. The number of anilines is 1. The van der Waals surface area contributed by atoms with Gasteiger partial charge in [0.1, 0.15) is 5.82 Å². The molecule has 0 aliphatic carbocycles. The molecule has 1 atom stereocenters. The second kappa shape index (κ2) is 6.22. The molecule has 1 aliphatic rings. The topological polar surface area (TPSA) is 55.6 Å². The van der Waals surface area contributed by atoms with Crippen LogP contribution in [0.15, 0.2) is 12.1 Å². The Morgan fingerprint density at radius 3 is 2.85 bits per heavy atom. The van der Waals surface area contributed by atoms with Crippen molar-refractivity contribution in [2.75, 3.05) is 25.4 Å². The van der Waals surface area contributed by atoms with Gasteiger partial charge in [-0.15, -0.1) is 0 Å². The van der Waals surface area contributed by atoms with Crippen molar-refractivity contribution in [3.05, 3.63) is 29.1 Å². The van der Waals surface area contributed by atoms with Gasteiger partial charge in [0, 0.05) is 36.5 Å². The fraction of sp³-hybridized carbons (Fsp3) is 0.533. The molecule has 1 saturated heterocycles. The van der Waals surface area contributed by atoms with E-state index in [4.69, 9.17) is 10.5 Å². The summed E-state index contributed by atoms with van der Waals surface area (Å²) in [6, 6.07) is 2.80. The Morgan fingerprint density at radius 1 is 1.55 bits per heavy atom. The van der Waals surface area contributed by atoms with Crippen LogP contribution in [0.2, 0.25) is 0 Å². The number of hydrogen-bond acceptors (Lipinski definition) is 3. The number of benzene rings is 1. The Morgan fingerprint density at radius 2 is 2.30 bits per heavy atom. The normalized spacial score (nSPS) is 18.2. The summed E-state index contributed by atoms with van der Waals surface area (Å²) in [7, 11) is 0. The summed E-state index contributed by atoms with van der Waals surface area (Å²) in [6.07, 6.45) is 2.09. The highest BCUT2D eigenvalue weighted by atomic mass is 19.1. The summed E-state index contributed by atoms with van der Waals surface area (Å²) >= 11 is 0. The summed E-state index contributed by atoms with van der Waals surface area (Å²) < 4.78 is 19.2. The zero-order valence-electron chi connectivity index (χ0n) is 12.0. The molecule has 1 aromatic carbocycles. The molecule has 5 heteroatoms. The molecule has 0 aromatic heterocycles. The second-order valence-corrected chi connectivity index (χ2v) is 5.15. The first-order chi connectivity index (χ1) is 9.52. The molecule has 1 unspecified atom stereocenters. The van der Waals surface area contributed by atoms with Crippen molar-refractivity contribution in [2.45, 2.75) is 32.8 Å². The molecule has 20 heavy (non-hydrogen) atoms. The van der Waals surface area contributed by atoms with Crippen molar-refractivity contribution >= 4 is 11.6 Å². The lowest BCUT2D eigenvalue weighted by Crippen LogP contribution is -2.37. The Balaban J connectivity index is 2.15. The van der Waals surface area contributed by atoms with Gasteiger partial charge in [-0.1, -0.05) is 0 Å². The Hall–Kier alpha value is -1.62. The van der Waals surface area contributed by atoms with Gasteiger partial charge in [0.05, 0.1) is 6.10 Å². The number of rotatable bonds is 4. The van der Waals surface area contributed by atoms with Crippen LogP contribution in [0.5, 0.6) is 0 Å². The van der Waals surface area contributed by atoms with Crippen LogP contribution < -0.4 is 5.73 Å². The van der Waals surface area contributed by atoms with Crippen molar-refractivity contribution in [1.29, 1.82) is 0 Å². The maximum Gasteiger partial charge on any atom is 0.254 e. The molecular formula is C15H21FN2O2. The molecule has 110 valence electrons. The number of likely N-dealkylation sites (N-methyl/N-ethyl adjacent to an activating group) is 1. The first-order valence-electron chi connectivity index (χ1n) is 6.99. The number of carbonyl (C=O) groups excluding carboxylic acids is 1. The van der Waals surface area contributed by atoms with Gasteiger partial charge < -0.3 is 15.4 Å². The standard InChI is InChI=1S/C15H21FN2O2/c1-3-18(9-12-5-4-6-20-12)15(19)11-7-13(16)10(2)14(17)8-11/h7-8,12H,3-6,9,17H2,1-2H3. The van der Waals surface area contributed by atoms with Crippen LogP contribution in [0.3, 0.4) is 0 Å². The molecule has 4 nitrogen and oxygen atoms in total. The average molecular weight is 280 g/mol.